The van der Waals surface area contributed by atoms with Crippen molar-refractivity contribution in [3.8, 4) is 0 Å². The van der Waals surface area contributed by atoms with E-state index in [1.165, 1.54) is 0 Å². The SMILES string of the molecule is O=S([O-])c1cccc2ccccc12.O=S([O-])c1cccc2ccccc12.[Zn+2]. The van der Waals surface area contributed by atoms with Gasteiger partial charge in [0.25, 0.3) is 0 Å². The van der Waals surface area contributed by atoms with Crippen LogP contribution in [0.25, 0.3) is 21.5 Å². The molecule has 4 rings (SSSR count). The third kappa shape index (κ3) is 5.15. The molecule has 0 aliphatic carbocycles. The van der Waals surface area contributed by atoms with Gasteiger partial charge >= 0.3 is 19.5 Å². The number of hydrogen-bond donors (Lipinski definition) is 0. The Labute approximate surface area is 174 Å². The average molecular weight is 448 g/mol. The Kier molecular flexibility index (Phi) is 7.96. The molecule has 0 spiro atoms. The second-order valence-electron chi connectivity index (χ2n) is 5.42. The van der Waals surface area contributed by atoms with E-state index in [9.17, 15) is 17.5 Å². The molecule has 132 valence electrons. The van der Waals surface area contributed by atoms with Crippen LogP contribution in [0.3, 0.4) is 0 Å². The molecule has 0 bridgehead atoms. The molecule has 7 heteroatoms. The van der Waals surface area contributed by atoms with Crippen LogP contribution in [0.4, 0.5) is 0 Å². The predicted molar refractivity (Wildman–Crippen MR) is 102 cm³/mol. The molecular formula is C20H14O4S2Zn. The van der Waals surface area contributed by atoms with Gasteiger partial charge in [0.1, 0.15) is 0 Å². The quantitative estimate of drug-likeness (QED) is 0.341. The maximum absolute atomic E-state index is 10.8. The van der Waals surface area contributed by atoms with E-state index < -0.39 is 22.2 Å². The van der Waals surface area contributed by atoms with Crippen LogP contribution in [0.5, 0.6) is 0 Å². The van der Waals surface area contributed by atoms with Gasteiger partial charge in [-0.2, -0.15) is 0 Å². The minimum Gasteiger partial charge on any atom is -0.768 e. The first kappa shape index (κ1) is 21.5. The molecule has 0 N–H and O–H groups in total. The maximum atomic E-state index is 10.8. The summed E-state index contributed by atoms with van der Waals surface area (Å²) in [6.07, 6.45) is 0. The van der Waals surface area contributed by atoms with Crippen molar-refractivity contribution in [1.29, 1.82) is 0 Å². The first-order valence-corrected chi connectivity index (χ1v) is 9.87. The summed E-state index contributed by atoms with van der Waals surface area (Å²) in [7, 11) is 0. The maximum Gasteiger partial charge on any atom is 2.00 e. The zero-order valence-electron chi connectivity index (χ0n) is 14.2. The summed E-state index contributed by atoms with van der Waals surface area (Å²) in [5.41, 5.74) is 0. The molecule has 2 atom stereocenters. The third-order valence-electron chi connectivity index (χ3n) is 3.86. The van der Waals surface area contributed by atoms with E-state index in [4.69, 9.17) is 0 Å². The van der Waals surface area contributed by atoms with E-state index in [0.717, 1.165) is 21.5 Å². The molecule has 4 nitrogen and oxygen atoms in total. The second-order valence-corrected chi connectivity index (χ2v) is 7.24. The molecule has 0 aliphatic rings. The molecule has 27 heavy (non-hydrogen) atoms. The fraction of sp³-hybridized carbons (Fsp3) is 0. The second kappa shape index (κ2) is 9.97. The van der Waals surface area contributed by atoms with Gasteiger partial charge in [0.05, 0.1) is 0 Å². The predicted octanol–water partition coefficient (Wildman–Crippen LogP) is 4.15. The molecule has 0 aromatic heterocycles. The fourth-order valence-corrected chi connectivity index (χ4v) is 3.79. The first-order chi connectivity index (χ1) is 12.6. The molecule has 0 saturated heterocycles. The zero-order chi connectivity index (χ0) is 18.5. The van der Waals surface area contributed by atoms with E-state index in [1.54, 1.807) is 36.4 Å². The van der Waals surface area contributed by atoms with Crippen molar-refractivity contribution in [3.05, 3.63) is 84.9 Å². The van der Waals surface area contributed by atoms with Gasteiger partial charge in [-0.05, 0) is 55.8 Å². The molecule has 0 amide bonds. The van der Waals surface area contributed by atoms with Crippen molar-refractivity contribution in [1.82, 2.24) is 0 Å². The average Bonchev–Trinajstić information content (AvgIpc) is 2.67. The van der Waals surface area contributed by atoms with Crippen LogP contribution >= 0.6 is 0 Å². The van der Waals surface area contributed by atoms with Crippen LogP contribution < -0.4 is 0 Å². The minimum absolute atomic E-state index is 0. The van der Waals surface area contributed by atoms with Crippen LogP contribution in [0.1, 0.15) is 0 Å². The van der Waals surface area contributed by atoms with E-state index in [0.29, 0.717) is 9.79 Å². The number of fused-ring (bicyclic) bond motifs is 2. The largest absolute Gasteiger partial charge is 2.00 e. The van der Waals surface area contributed by atoms with Gasteiger partial charge in [-0.25, -0.2) is 0 Å². The Morgan fingerprint density at radius 1 is 0.519 bits per heavy atom. The Bertz CT molecular complexity index is 1020. The standard InChI is InChI=1S/2C10H8O2S.Zn/c2*11-13(12)10-7-3-5-8-4-1-2-6-9(8)10;/h2*1-7H,(H,11,12);/q;;+2/p-2. The van der Waals surface area contributed by atoms with Crippen LogP contribution in [0.15, 0.2) is 94.7 Å². The van der Waals surface area contributed by atoms with Gasteiger partial charge < -0.3 is 9.11 Å². The Hall–Kier alpha value is -1.76. The molecule has 4 aromatic rings. The summed E-state index contributed by atoms with van der Waals surface area (Å²) < 4.78 is 43.3. The van der Waals surface area contributed by atoms with Gasteiger partial charge in [0, 0.05) is 9.79 Å². The van der Waals surface area contributed by atoms with Gasteiger partial charge in [0.2, 0.25) is 0 Å². The van der Waals surface area contributed by atoms with Gasteiger partial charge in [-0.15, -0.1) is 0 Å². The van der Waals surface area contributed by atoms with E-state index in [1.807, 2.05) is 48.5 Å². The van der Waals surface area contributed by atoms with Crippen molar-refractivity contribution in [2.45, 2.75) is 9.79 Å². The van der Waals surface area contributed by atoms with Crippen molar-refractivity contribution in [2.75, 3.05) is 0 Å². The smallest absolute Gasteiger partial charge is 0.768 e. The van der Waals surface area contributed by atoms with Crippen molar-refractivity contribution in [2.24, 2.45) is 0 Å². The van der Waals surface area contributed by atoms with Crippen LogP contribution in [-0.2, 0) is 41.6 Å². The fourth-order valence-electron chi connectivity index (χ4n) is 2.68. The van der Waals surface area contributed by atoms with Crippen LogP contribution in [0.2, 0.25) is 0 Å². The summed E-state index contributed by atoms with van der Waals surface area (Å²) in [6, 6.07) is 25.3. The molecule has 4 aromatic carbocycles. The Morgan fingerprint density at radius 3 is 1.22 bits per heavy atom. The number of hydrogen-bond acceptors (Lipinski definition) is 4. The molecule has 0 radical (unpaired) electrons. The Morgan fingerprint density at radius 2 is 0.852 bits per heavy atom. The Balaban J connectivity index is 0.000000187. The topological polar surface area (TPSA) is 80.3 Å². The van der Waals surface area contributed by atoms with Gasteiger partial charge in [0.15, 0.2) is 0 Å². The molecule has 0 saturated carbocycles. The van der Waals surface area contributed by atoms with Crippen LogP contribution in [-0.4, -0.2) is 17.5 Å². The van der Waals surface area contributed by atoms with E-state index in [2.05, 4.69) is 0 Å². The molecule has 0 aliphatic heterocycles. The van der Waals surface area contributed by atoms with E-state index >= 15 is 0 Å². The number of benzene rings is 4. The normalized spacial score (nSPS) is 12.5. The summed E-state index contributed by atoms with van der Waals surface area (Å²) in [5, 5.41) is 3.45. The molecule has 0 heterocycles. The molecular weight excluding hydrogens is 434 g/mol. The minimum atomic E-state index is -2.15. The summed E-state index contributed by atoms with van der Waals surface area (Å²) in [4.78, 5) is 0.719. The van der Waals surface area contributed by atoms with E-state index in [-0.39, 0.29) is 19.5 Å². The summed E-state index contributed by atoms with van der Waals surface area (Å²) in [6.45, 7) is 0. The van der Waals surface area contributed by atoms with Crippen molar-refractivity contribution < 1.29 is 37.0 Å². The van der Waals surface area contributed by atoms with Crippen molar-refractivity contribution in [3.63, 3.8) is 0 Å². The first-order valence-electron chi connectivity index (χ1n) is 7.72. The molecule has 0 fully saturated rings. The summed E-state index contributed by atoms with van der Waals surface area (Å²) >= 11 is -4.31. The zero-order valence-corrected chi connectivity index (χ0v) is 18.8. The van der Waals surface area contributed by atoms with Gasteiger partial charge in [-0.3, -0.25) is 8.42 Å². The number of rotatable bonds is 2. The van der Waals surface area contributed by atoms with Crippen molar-refractivity contribution >= 4 is 43.7 Å². The van der Waals surface area contributed by atoms with Crippen LogP contribution in [0, 0.1) is 0 Å². The molecule has 2 unspecified atom stereocenters. The van der Waals surface area contributed by atoms with Gasteiger partial charge in [-0.1, -0.05) is 72.8 Å². The summed E-state index contributed by atoms with van der Waals surface area (Å²) in [5.74, 6) is 0. The monoisotopic (exact) mass is 446 g/mol. The third-order valence-corrected chi connectivity index (χ3v) is 5.29.